The average Bonchev–Trinajstić information content (AvgIpc) is 3.60. The van der Waals surface area contributed by atoms with Gasteiger partial charge in [0.2, 0.25) is 11.7 Å². The smallest absolute Gasteiger partial charge is 0.403 e. The van der Waals surface area contributed by atoms with Gasteiger partial charge in [-0.2, -0.15) is 13.2 Å². The van der Waals surface area contributed by atoms with Crippen molar-refractivity contribution in [3.05, 3.63) is 86.7 Å². The van der Waals surface area contributed by atoms with Gasteiger partial charge in [-0.1, -0.05) is 24.3 Å². The number of aromatic amines is 2. The number of para-hydroxylation sites is 1. The van der Waals surface area contributed by atoms with Crippen LogP contribution in [0.2, 0.25) is 0 Å². The lowest BCUT2D eigenvalue weighted by Gasteiger charge is -2.17. The molecule has 2 amide bonds. The van der Waals surface area contributed by atoms with Gasteiger partial charge in [0.1, 0.15) is 5.54 Å². The molecule has 36 heavy (non-hydrogen) atoms. The number of benzene rings is 2. The lowest BCUT2D eigenvalue weighted by atomic mass is 10.1. The van der Waals surface area contributed by atoms with Crippen molar-refractivity contribution in [2.24, 2.45) is 0 Å². The fourth-order valence-corrected chi connectivity index (χ4v) is 3.38. The van der Waals surface area contributed by atoms with E-state index in [4.69, 9.17) is 4.74 Å². The molecule has 0 radical (unpaired) electrons. The van der Waals surface area contributed by atoms with Gasteiger partial charge in [-0.3, -0.25) is 14.6 Å². The monoisotopic (exact) mass is 503 g/mol. The number of H-pyrrole nitrogens is 2. The molecular weight excluding hydrogens is 483 g/mol. The van der Waals surface area contributed by atoms with Gasteiger partial charge in [-0.05, 0) is 42.7 Å². The van der Waals surface area contributed by atoms with Gasteiger partial charge in [-0.25, -0.2) is 9.59 Å². The van der Waals surface area contributed by atoms with Crippen molar-refractivity contribution in [2.45, 2.75) is 31.1 Å². The third-order valence-corrected chi connectivity index (χ3v) is 5.43. The number of rotatable bonds is 7. The van der Waals surface area contributed by atoms with Crippen molar-refractivity contribution in [3.8, 4) is 5.75 Å². The first-order valence-electron chi connectivity index (χ1n) is 10.7. The molecule has 2 aromatic carbocycles. The molecule has 1 aliphatic carbocycles. The molecule has 1 aromatic heterocycles. The maximum absolute atomic E-state index is 13.2. The number of hydrogen-bond donors (Lipinski definition) is 5. The van der Waals surface area contributed by atoms with E-state index in [1.54, 1.807) is 24.3 Å². The Kier molecular flexibility index (Phi) is 6.55. The Morgan fingerprint density at radius 1 is 1.03 bits per heavy atom. The van der Waals surface area contributed by atoms with Crippen molar-refractivity contribution in [1.29, 1.82) is 0 Å². The fraction of sp³-hybridized carbons (Fsp3) is 0.217. The largest absolute Gasteiger partial charge is 0.418 e. The number of carbonyl (C=O) groups excluding carboxylic acids is 2. The maximum Gasteiger partial charge on any atom is 0.418 e. The number of aromatic nitrogens is 2. The van der Waals surface area contributed by atoms with Gasteiger partial charge in [-0.15, -0.1) is 0 Å². The summed E-state index contributed by atoms with van der Waals surface area (Å²) >= 11 is 0. The van der Waals surface area contributed by atoms with Gasteiger partial charge in [0.05, 0.1) is 17.4 Å². The van der Waals surface area contributed by atoms with Crippen molar-refractivity contribution >= 4 is 23.4 Å². The van der Waals surface area contributed by atoms with Crippen molar-refractivity contribution in [1.82, 2.24) is 20.6 Å². The number of alkyl halides is 3. The summed E-state index contributed by atoms with van der Waals surface area (Å²) in [4.78, 5) is 51.5. The van der Waals surface area contributed by atoms with Crippen LogP contribution in [0.5, 0.6) is 5.75 Å². The Balaban J connectivity index is 1.32. The Morgan fingerprint density at radius 3 is 2.36 bits per heavy atom. The molecule has 0 atom stereocenters. The van der Waals surface area contributed by atoms with Crippen LogP contribution in [-0.4, -0.2) is 27.5 Å². The standard InChI is InChI=1S/C23H20F3N5O5/c24-23(25,26)15-3-1-2-4-16(15)29-14-7-5-13(6-8-14)11-27-19(33)22(9-10-22)31-21(35)36-17-12-28-20(34)30-18(17)32/h1-8,12,29H,9-11H2,(H,27,33)(H,31,35)(H2,28,30,32,34). The summed E-state index contributed by atoms with van der Waals surface area (Å²) in [7, 11) is 0. The molecule has 0 unspecified atom stereocenters. The van der Waals surface area contributed by atoms with Crippen LogP contribution in [-0.2, 0) is 17.5 Å². The van der Waals surface area contributed by atoms with Crippen molar-refractivity contribution in [3.63, 3.8) is 0 Å². The molecule has 1 heterocycles. The number of halogens is 3. The van der Waals surface area contributed by atoms with Crippen molar-refractivity contribution in [2.75, 3.05) is 5.32 Å². The SMILES string of the molecule is O=C(NC1(C(=O)NCc2ccc(Nc3ccccc3C(F)(F)F)cc2)CC1)Oc1c[nH]c(=O)[nH]c1=O. The van der Waals surface area contributed by atoms with Crippen LogP contribution in [0.25, 0.3) is 0 Å². The molecule has 1 fully saturated rings. The van der Waals surface area contributed by atoms with E-state index in [1.807, 2.05) is 4.98 Å². The predicted molar refractivity (Wildman–Crippen MR) is 122 cm³/mol. The predicted octanol–water partition coefficient (Wildman–Crippen LogP) is 2.76. The summed E-state index contributed by atoms with van der Waals surface area (Å²) in [5, 5.41) is 7.86. The average molecular weight is 503 g/mol. The lowest BCUT2D eigenvalue weighted by molar-refractivity contribution is -0.137. The van der Waals surface area contributed by atoms with Gasteiger partial charge in [0.15, 0.2) is 0 Å². The summed E-state index contributed by atoms with van der Waals surface area (Å²) in [5.41, 5.74) is -2.60. The summed E-state index contributed by atoms with van der Waals surface area (Å²) in [6.07, 6.45) is -3.88. The maximum atomic E-state index is 13.2. The normalized spacial score (nSPS) is 14.0. The van der Waals surface area contributed by atoms with Crippen LogP contribution in [0.1, 0.15) is 24.0 Å². The number of carbonyl (C=O) groups is 2. The second kappa shape index (κ2) is 9.60. The van der Waals surface area contributed by atoms with E-state index in [9.17, 15) is 32.3 Å². The molecule has 10 nitrogen and oxygen atoms in total. The second-order valence-corrected chi connectivity index (χ2v) is 8.08. The summed E-state index contributed by atoms with van der Waals surface area (Å²) < 4.78 is 44.4. The Morgan fingerprint density at radius 2 is 1.72 bits per heavy atom. The van der Waals surface area contributed by atoms with Crippen LogP contribution < -0.4 is 31.9 Å². The topological polar surface area (TPSA) is 145 Å². The van der Waals surface area contributed by atoms with Crippen LogP contribution >= 0.6 is 0 Å². The third-order valence-electron chi connectivity index (χ3n) is 5.43. The Bertz CT molecular complexity index is 1390. The summed E-state index contributed by atoms with van der Waals surface area (Å²) in [5.74, 6) is -0.897. The van der Waals surface area contributed by atoms with Crippen LogP contribution in [0, 0.1) is 0 Å². The lowest BCUT2D eigenvalue weighted by Crippen LogP contribution is -2.50. The second-order valence-electron chi connectivity index (χ2n) is 8.08. The molecule has 1 aliphatic rings. The van der Waals surface area contributed by atoms with Crippen LogP contribution in [0.15, 0.2) is 64.3 Å². The van der Waals surface area contributed by atoms with Crippen LogP contribution in [0.4, 0.5) is 29.3 Å². The highest BCUT2D eigenvalue weighted by Crippen LogP contribution is 2.36. The van der Waals surface area contributed by atoms with Gasteiger partial charge in [0, 0.05) is 12.2 Å². The quantitative estimate of drug-likeness (QED) is 0.335. The minimum Gasteiger partial charge on any atom is -0.403 e. The zero-order valence-corrected chi connectivity index (χ0v) is 18.5. The number of ether oxygens (including phenoxy) is 1. The zero-order chi connectivity index (χ0) is 25.9. The molecule has 13 heteroatoms. The molecular formula is C23H20F3N5O5. The summed E-state index contributed by atoms with van der Waals surface area (Å²) in [6.45, 7) is 0.107. The molecule has 1 saturated carbocycles. The van der Waals surface area contributed by atoms with Crippen LogP contribution in [0.3, 0.4) is 0 Å². The van der Waals surface area contributed by atoms with E-state index in [2.05, 4.69) is 20.9 Å². The van der Waals surface area contributed by atoms with E-state index in [1.165, 1.54) is 18.2 Å². The molecule has 4 rings (SSSR count). The molecule has 0 bridgehead atoms. The number of anilines is 2. The van der Waals surface area contributed by atoms with Gasteiger partial charge < -0.3 is 25.7 Å². The minimum atomic E-state index is -4.50. The van der Waals surface area contributed by atoms with E-state index in [0.717, 1.165) is 12.3 Å². The van der Waals surface area contributed by atoms with Gasteiger partial charge in [0.25, 0.3) is 5.56 Å². The van der Waals surface area contributed by atoms with E-state index >= 15 is 0 Å². The number of hydrogen-bond acceptors (Lipinski definition) is 6. The first kappa shape index (κ1) is 24.6. The molecule has 188 valence electrons. The Hall–Kier alpha value is -4.55. The Labute approximate surface area is 200 Å². The molecule has 0 aliphatic heterocycles. The number of amides is 2. The van der Waals surface area contributed by atoms with Gasteiger partial charge >= 0.3 is 18.0 Å². The highest BCUT2D eigenvalue weighted by Gasteiger charge is 2.51. The van der Waals surface area contributed by atoms with E-state index in [0.29, 0.717) is 24.1 Å². The molecule has 5 N–H and O–H groups in total. The minimum absolute atomic E-state index is 0.0801. The molecule has 0 spiro atoms. The van der Waals surface area contributed by atoms with E-state index in [-0.39, 0.29) is 12.2 Å². The molecule has 3 aromatic rings. The highest BCUT2D eigenvalue weighted by molar-refractivity contribution is 5.93. The first-order chi connectivity index (χ1) is 17.1. The van der Waals surface area contributed by atoms with Crippen molar-refractivity contribution < 1.29 is 27.5 Å². The molecule has 0 saturated heterocycles. The summed E-state index contributed by atoms with van der Waals surface area (Å²) in [6, 6.07) is 11.6. The zero-order valence-electron chi connectivity index (χ0n) is 18.5. The first-order valence-corrected chi connectivity index (χ1v) is 10.7. The third kappa shape index (κ3) is 5.74. The number of nitrogens with one attached hydrogen (secondary N) is 5. The van der Waals surface area contributed by atoms with E-state index < -0.39 is 46.3 Å². The highest BCUT2D eigenvalue weighted by atomic mass is 19.4. The fourth-order valence-electron chi connectivity index (χ4n) is 3.38.